The highest BCUT2D eigenvalue weighted by atomic mass is 79.9. The van der Waals surface area contributed by atoms with Gasteiger partial charge in [0.15, 0.2) is 0 Å². The summed E-state index contributed by atoms with van der Waals surface area (Å²) < 4.78 is 0.860. The van der Waals surface area contributed by atoms with Crippen molar-refractivity contribution in [3.63, 3.8) is 0 Å². The number of carbonyl (C=O) groups is 1. The third-order valence-corrected chi connectivity index (χ3v) is 4.00. The van der Waals surface area contributed by atoms with Gasteiger partial charge in [-0.15, -0.1) is 0 Å². The van der Waals surface area contributed by atoms with Gasteiger partial charge >= 0.3 is 0 Å². The van der Waals surface area contributed by atoms with Gasteiger partial charge in [0.1, 0.15) is 11.9 Å². The van der Waals surface area contributed by atoms with Gasteiger partial charge in [-0.25, -0.2) is 4.98 Å². The van der Waals surface area contributed by atoms with Crippen molar-refractivity contribution in [2.75, 3.05) is 23.7 Å². The predicted molar refractivity (Wildman–Crippen MR) is 70.9 cm³/mol. The van der Waals surface area contributed by atoms with Crippen LogP contribution in [0.3, 0.4) is 0 Å². The lowest BCUT2D eigenvalue weighted by molar-refractivity contribution is -0.122. The first-order valence-electron chi connectivity index (χ1n) is 5.47. The fourth-order valence-electron chi connectivity index (χ4n) is 1.85. The molecular weight excluding hydrogens is 284 g/mol. The molecule has 1 saturated heterocycles. The zero-order chi connectivity index (χ0) is 12.6. The second kappa shape index (κ2) is 4.52. The molecule has 0 aliphatic carbocycles. The summed E-state index contributed by atoms with van der Waals surface area (Å²) in [5.74, 6) is 0.804. The van der Waals surface area contributed by atoms with Crippen LogP contribution in [0.4, 0.5) is 11.5 Å². The first kappa shape index (κ1) is 12.2. The third-order valence-electron chi connectivity index (χ3n) is 3.06. The first-order valence-corrected chi connectivity index (χ1v) is 6.26. The Labute approximate surface area is 109 Å². The van der Waals surface area contributed by atoms with Crippen LogP contribution in [0.15, 0.2) is 10.7 Å². The van der Waals surface area contributed by atoms with Gasteiger partial charge in [0.25, 0.3) is 0 Å². The van der Waals surface area contributed by atoms with Crippen molar-refractivity contribution in [1.82, 2.24) is 10.3 Å². The normalized spacial score (nSPS) is 20.3. The number of anilines is 2. The van der Waals surface area contributed by atoms with Crippen LogP contribution >= 0.6 is 15.9 Å². The van der Waals surface area contributed by atoms with Crippen LogP contribution in [0.2, 0.25) is 0 Å². The van der Waals surface area contributed by atoms with Crippen molar-refractivity contribution in [2.45, 2.75) is 19.9 Å². The van der Waals surface area contributed by atoms with Gasteiger partial charge in [-0.2, -0.15) is 0 Å². The number of carbonyl (C=O) groups excluding carboxylic acids is 1. The molecule has 2 rings (SSSR count). The first-order chi connectivity index (χ1) is 8.02. The zero-order valence-electron chi connectivity index (χ0n) is 9.83. The molecule has 0 bridgehead atoms. The van der Waals surface area contributed by atoms with Crippen LogP contribution in [0.5, 0.6) is 0 Å². The lowest BCUT2D eigenvalue weighted by atomic mass is 10.2. The van der Waals surface area contributed by atoms with Gasteiger partial charge in [-0.1, -0.05) is 0 Å². The van der Waals surface area contributed by atoms with Crippen LogP contribution < -0.4 is 16.0 Å². The van der Waals surface area contributed by atoms with Crippen molar-refractivity contribution in [2.24, 2.45) is 0 Å². The highest BCUT2D eigenvalue weighted by Crippen LogP contribution is 2.31. The lowest BCUT2D eigenvalue weighted by Gasteiger charge is -2.34. The highest BCUT2D eigenvalue weighted by Gasteiger charge is 2.28. The number of nitrogens with zero attached hydrogens (tertiary/aromatic N) is 2. The Kier molecular flexibility index (Phi) is 3.24. The van der Waals surface area contributed by atoms with Crippen LogP contribution in [0.1, 0.15) is 12.5 Å². The lowest BCUT2D eigenvalue weighted by Crippen LogP contribution is -2.54. The molecule has 1 aromatic rings. The monoisotopic (exact) mass is 298 g/mol. The highest BCUT2D eigenvalue weighted by molar-refractivity contribution is 9.10. The molecule has 0 aromatic carbocycles. The Morgan fingerprint density at radius 2 is 2.35 bits per heavy atom. The van der Waals surface area contributed by atoms with Crippen LogP contribution in [-0.2, 0) is 4.79 Å². The van der Waals surface area contributed by atoms with Crippen molar-refractivity contribution < 1.29 is 4.79 Å². The van der Waals surface area contributed by atoms with E-state index in [0.717, 1.165) is 22.4 Å². The molecule has 0 radical (unpaired) electrons. The molecule has 0 spiro atoms. The van der Waals surface area contributed by atoms with E-state index in [2.05, 4.69) is 26.2 Å². The van der Waals surface area contributed by atoms with Gasteiger partial charge in [0, 0.05) is 13.1 Å². The van der Waals surface area contributed by atoms with Crippen molar-refractivity contribution in [3.8, 4) is 0 Å². The molecular formula is C11H15BrN4O. The third kappa shape index (κ3) is 2.09. The van der Waals surface area contributed by atoms with E-state index < -0.39 is 0 Å². The number of pyridine rings is 1. The van der Waals surface area contributed by atoms with Crippen LogP contribution in [-0.4, -0.2) is 30.0 Å². The number of hydrogen-bond donors (Lipinski definition) is 2. The predicted octanol–water partition coefficient (Wildman–Crippen LogP) is 1.06. The SMILES string of the molecule is Cc1c(N)cnc(N2CCNC(=O)C2C)c1Br. The maximum absolute atomic E-state index is 11.6. The molecule has 92 valence electrons. The largest absolute Gasteiger partial charge is 0.397 e. The van der Waals surface area contributed by atoms with Gasteiger partial charge in [-0.3, -0.25) is 4.79 Å². The van der Waals surface area contributed by atoms with Crippen LogP contribution in [0, 0.1) is 6.92 Å². The summed E-state index contributed by atoms with van der Waals surface area (Å²) in [4.78, 5) is 17.9. The fourth-order valence-corrected chi connectivity index (χ4v) is 2.41. The molecule has 1 fully saturated rings. The molecule has 1 atom stereocenters. The maximum atomic E-state index is 11.6. The molecule has 17 heavy (non-hydrogen) atoms. The minimum atomic E-state index is -0.212. The van der Waals surface area contributed by atoms with Crippen molar-refractivity contribution in [3.05, 3.63) is 16.2 Å². The summed E-state index contributed by atoms with van der Waals surface area (Å²) >= 11 is 3.50. The summed E-state index contributed by atoms with van der Waals surface area (Å²) in [6, 6.07) is -0.212. The van der Waals surface area contributed by atoms with Gasteiger partial charge in [0.2, 0.25) is 5.91 Å². The molecule has 1 aliphatic rings. The van der Waals surface area contributed by atoms with E-state index in [1.165, 1.54) is 0 Å². The van der Waals surface area contributed by atoms with Gasteiger partial charge < -0.3 is 16.0 Å². The smallest absolute Gasteiger partial charge is 0.242 e. The second-order valence-electron chi connectivity index (χ2n) is 4.14. The molecule has 5 nitrogen and oxygen atoms in total. The molecule has 3 N–H and O–H groups in total. The average Bonchev–Trinajstić information content (AvgIpc) is 2.31. The summed E-state index contributed by atoms with van der Waals surface area (Å²) in [6.45, 7) is 5.19. The molecule has 0 saturated carbocycles. The molecule has 1 unspecified atom stereocenters. The van der Waals surface area contributed by atoms with Crippen LogP contribution in [0.25, 0.3) is 0 Å². The molecule has 1 aliphatic heterocycles. The number of hydrogen-bond acceptors (Lipinski definition) is 4. The minimum absolute atomic E-state index is 0.0272. The zero-order valence-corrected chi connectivity index (χ0v) is 11.4. The number of nitrogen functional groups attached to an aromatic ring is 1. The Hall–Kier alpha value is -1.30. The Balaban J connectivity index is 2.40. The maximum Gasteiger partial charge on any atom is 0.242 e. The number of halogens is 1. The van der Waals surface area contributed by atoms with E-state index >= 15 is 0 Å². The Morgan fingerprint density at radius 1 is 1.65 bits per heavy atom. The Bertz CT molecular complexity index is 463. The molecule has 6 heteroatoms. The summed E-state index contributed by atoms with van der Waals surface area (Å²) in [5.41, 5.74) is 7.39. The number of aromatic nitrogens is 1. The van der Waals surface area contributed by atoms with E-state index in [4.69, 9.17) is 5.73 Å². The second-order valence-corrected chi connectivity index (χ2v) is 4.93. The van der Waals surface area contributed by atoms with E-state index in [1.54, 1.807) is 6.20 Å². The summed E-state index contributed by atoms with van der Waals surface area (Å²) in [6.07, 6.45) is 1.63. The fraction of sp³-hybridized carbons (Fsp3) is 0.455. The van der Waals surface area contributed by atoms with E-state index in [1.807, 2.05) is 18.7 Å². The molecule has 1 amide bonds. The number of nitrogens with one attached hydrogen (secondary N) is 1. The number of amides is 1. The van der Waals surface area contributed by atoms with E-state index in [-0.39, 0.29) is 11.9 Å². The number of rotatable bonds is 1. The van der Waals surface area contributed by atoms with E-state index in [9.17, 15) is 4.79 Å². The minimum Gasteiger partial charge on any atom is -0.397 e. The van der Waals surface area contributed by atoms with Crippen molar-refractivity contribution >= 4 is 33.3 Å². The van der Waals surface area contributed by atoms with E-state index in [0.29, 0.717) is 12.2 Å². The van der Waals surface area contributed by atoms with Gasteiger partial charge in [0.05, 0.1) is 16.4 Å². The quantitative estimate of drug-likeness (QED) is 0.813. The summed E-state index contributed by atoms with van der Waals surface area (Å²) in [7, 11) is 0. The Morgan fingerprint density at radius 3 is 3.06 bits per heavy atom. The number of piperazine rings is 1. The molecule has 2 heterocycles. The van der Waals surface area contributed by atoms with Crippen molar-refractivity contribution in [1.29, 1.82) is 0 Å². The number of nitrogens with two attached hydrogens (primary N) is 1. The van der Waals surface area contributed by atoms with Gasteiger partial charge in [-0.05, 0) is 35.3 Å². The summed E-state index contributed by atoms with van der Waals surface area (Å²) in [5, 5.41) is 2.83. The average molecular weight is 299 g/mol. The molecule has 1 aromatic heterocycles. The topological polar surface area (TPSA) is 71.2 Å². The standard InChI is InChI=1S/C11H15BrN4O/c1-6-8(13)5-15-10(9(6)12)16-4-3-14-11(17)7(16)2/h5,7H,3-4,13H2,1-2H3,(H,14,17).